The van der Waals surface area contributed by atoms with Crippen LogP contribution >= 0.6 is 0 Å². The molecule has 0 bridgehead atoms. The molecule has 6 aliphatic carbocycles. The lowest BCUT2D eigenvalue weighted by Crippen LogP contribution is -2.65. The first-order valence-electron chi connectivity index (χ1n) is 36.4. The standard InChI is InChI=1S/C90H83BN4/c1-6-26-60(27-7-1)61-48-50-62(51-49-61)67-56-86-88-87(57-67)95(90-72(65-32-12-4-13-33-65)42-25-43-73(90)66-34-14-5-15-35-66)85-59-69(93-82-46-22-18-38-76(82)77-39-19-23-47-83(77)93)53-55-79(85)91(88)78-54-52-68(92-80-44-20-16-36-74(80)75-37-17-21-45-81(75)92)58-84(78)94(86)89-70(63-28-8-2-9-29-63)40-24-41-71(89)64-30-10-3-11-31-64/h1-2,4,6-8,12,16-23,26-27,30,34,36-40,42,44-59,63,65,71,73,89-90H,3,5,9-11,13-15,24-25,28-29,31-33,35,41,43H2. The van der Waals surface area contributed by atoms with Crippen molar-refractivity contribution in [3.8, 4) is 33.6 Å². The molecule has 2 aliphatic heterocycles. The highest BCUT2D eigenvalue weighted by atomic mass is 15.2. The third-order valence-electron chi connectivity index (χ3n) is 23.9. The van der Waals surface area contributed by atoms with Gasteiger partial charge in [0.2, 0.25) is 0 Å². The van der Waals surface area contributed by atoms with Crippen molar-refractivity contribution >= 4 is 89.5 Å². The predicted octanol–water partition coefficient (Wildman–Crippen LogP) is 21.8. The second-order valence-electron chi connectivity index (χ2n) is 28.9. The van der Waals surface area contributed by atoms with E-state index in [2.05, 4.69) is 268 Å². The number of nitrogens with zero attached hydrogens (tertiary/aromatic N) is 4. The van der Waals surface area contributed by atoms with Crippen LogP contribution in [0.15, 0.2) is 271 Å². The van der Waals surface area contributed by atoms with Gasteiger partial charge >= 0.3 is 0 Å². The van der Waals surface area contributed by atoms with E-state index < -0.39 is 0 Å². The monoisotopic (exact) mass is 1230 g/mol. The highest BCUT2D eigenvalue weighted by molar-refractivity contribution is 7.00. The summed E-state index contributed by atoms with van der Waals surface area (Å²) in [6, 6.07) is 78.5. The van der Waals surface area contributed by atoms with Crippen molar-refractivity contribution in [2.24, 2.45) is 23.7 Å². The predicted molar refractivity (Wildman–Crippen MR) is 403 cm³/mol. The number of rotatable bonds is 10. The lowest BCUT2D eigenvalue weighted by Gasteiger charge is -2.53. The van der Waals surface area contributed by atoms with Gasteiger partial charge in [-0.2, -0.15) is 0 Å². The molecule has 0 fully saturated rings. The third kappa shape index (κ3) is 9.51. The van der Waals surface area contributed by atoms with Crippen molar-refractivity contribution in [3.05, 3.63) is 271 Å². The molecule has 0 amide bonds. The minimum absolute atomic E-state index is 0.0478. The Labute approximate surface area is 561 Å². The van der Waals surface area contributed by atoms with Crippen molar-refractivity contribution in [1.29, 1.82) is 0 Å². The van der Waals surface area contributed by atoms with E-state index in [-0.39, 0.29) is 18.8 Å². The lowest BCUT2D eigenvalue weighted by molar-refractivity contribution is 0.391. The van der Waals surface area contributed by atoms with Gasteiger partial charge in [-0.1, -0.05) is 199 Å². The Morgan fingerprint density at radius 1 is 0.326 bits per heavy atom. The Hall–Kier alpha value is -9.32. The van der Waals surface area contributed by atoms with Crippen LogP contribution in [0.4, 0.5) is 22.7 Å². The Bertz CT molecular complexity index is 4670. The van der Waals surface area contributed by atoms with Crippen molar-refractivity contribution < 1.29 is 0 Å². The molecule has 2 aromatic heterocycles. The zero-order valence-electron chi connectivity index (χ0n) is 54.7. The van der Waals surface area contributed by atoms with Crippen LogP contribution in [0.2, 0.25) is 0 Å². The van der Waals surface area contributed by atoms with Gasteiger partial charge in [-0.3, -0.25) is 0 Å². The molecule has 0 radical (unpaired) electrons. The number of hydrogen-bond acceptors (Lipinski definition) is 2. The zero-order chi connectivity index (χ0) is 62.5. The van der Waals surface area contributed by atoms with E-state index >= 15 is 0 Å². The molecular formula is C90H83BN4. The smallest absolute Gasteiger partial charge is 0.252 e. The average molecular weight is 1230 g/mol. The molecule has 8 aliphatic rings. The first-order valence-corrected chi connectivity index (χ1v) is 36.4. The first kappa shape index (κ1) is 57.2. The van der Waals surface area contributed by atoms with Crippen LogP contribution in [-0.4, -0.2) is 27.9 Å². The highest BCUT2D eigenvalue weighted by Crippen LogP contribution is 2.54. The number of hydrogen-bond donors (Lipinski definition) is 0. The summed E-state index contributed by atoms with van der Waals surface area (Å²) in [5, 5.41) is 5.19. The van der Waals surface area contributed by atoms with E-state index in [1.54, 1.807) is 22.3 Å². The van der Waals surface area contributed by atoms with E-state index in [9.17, 15) is 0 Å². The summed E-state index contributed by atoms with van der Waals surface area (Å²) < 4.78 is 5.18. The van der Waals surface area contributed by atoms with Gasteiger partial charge in [0.05, 0.1) is 34.2 Å². The third-order valence-corrected chi connectivity index (χ3v) is 23.9. The van der Waals surface area contributed by atoms with Gasteiger partial charge in [0.15, 0.2) is 0 Å². The van der Waals surface area contributed by atoms with E-state index in [1.165, 1.54) is 181 Å². The first-order chi connectivity index (χ1) is 47.2. The summed E-state index contributed by atoms with van der Waals surface area (Å²) in [6.07, 6.45) is 42.3. The molecule has 0 N–H and O–H groups in total. The summed E-state index contributed by atoms with van der Waals surface area (Å²) in [4.78, 5) is 6.10. The molecular weight excluding hydrogens is 1150 g/mol. The number of allylic oxidation sites excluding steroid dienone is 8. The molecule has 5 heteroatoms. The molecule has 6 atom stereocenters. The van der Waals surface area contributed by atoms with Crippen LogP contribution in [0, 0.1) is 23.7 Å². The van der Waals surface area contributed by atoms with E-state index in [1.807, 2.05) is 0 Å². The van der Waals surface area contributed by atoms with Gasteiger partial charge in [0.1, 0.15) is 0 Å². The van der Waals surface area contributed by atoms with E-state index in [0.717, 1.165) is 51.4 Å². The Morgan fingerprint density at radius 2 is 0.747 bits per heavy atom. The van der Waals surface area contributed by atoms with Gasteiger partial charge in [0.25, 0.3) is 6.71 Å². The second-order valence-corrected chi connectivity index (χ2v) is 28.9. The van der Waals surface area contributed by atoms with Crippen molar-refractivity contribution in [2.75, 3.05) is 9.80 Å². The van der Waals surface area contributed by atoms with E-state index in [0.29, 0.717) is 23.7 Å². The maximum Gasteiger partial charge on any atom is 0.252 e. The molecule has 0 saturated heterocycles. The average Bonchev–Trinajstić information content (AvgIpc) is 0.704. The summed E-state index contributed by atoms with van der Waals surface area (Å²) in [6.45, 7) is -0.0478. The summed E-state index contributed by atoms with van der Waals surface area (Å²) in [5.74, 6) is 1.71. The molecule has 4 heterocycles. The van der Waals surface area contributed by atoms with Gasteiger partial charge in [0, 0.05) is 67.5 Å². The van der Waals surface area contributed by atoms with Crippen LogP contribution in [0.1, 0.15) is 116 Å². The highest BCUT2D eigenvalue weighted by Gasteiger charge is 2.51. The Balaban J connectivity index is 0.941. The maximum atomic E-state index is 3.05. The summed E-state index contributed by atoms with van der Waals surface area (Å²) >= 11 is 0. The molecule has 466 valence electrons. The molecule has 19 rings (SSSR count). The number of para-hydroxylation sites is 4. The topological polar surface area (TPSA) is 16.3 Å². The molecule has 11 aromatic rings. The van der Waals surface area contributed by atoms with Crippen LogP contribution < -0.4 is 26.2 Å². The van der Waals surface area contributed by atoms with Crippen molar-refractivity contribution in [1.82, 2.24) is 9.13 Å². The van der Waals surface area contributed by atoms with Gasteiger partial charge in [-0.05, 0) is 238 Å². The van der Waals surface area contributed by atoms with Crippen molar-refractivity contribution in [3.63, 3.8) is 0 Å². The molecule has 95 heavy (non-hydrogen) atoms. The molecule has 9 aromatic carbocycles. The molecule has 4 nitrogen and oxygen atoms in total. The largest absolute Gasteiger partial charge is 0.334 e. The molecule has 6 unspecified atom stereocenters. The Kier molecular flexibility index (Phi) is 14.4. The number of fused-ring (bicyclic) bond motifs is 10. The fourth-order valence-corrected chi connectivity index (χ4v) is 19.7. The van der Waals surface area contributed by atoms with Gasteiger partial charge < -0.3 is 18.9 Å². The van der Waals surface area contributed by atoms with Crippen LogP contribution in [-0.2, 0) is 0 Å². The minimum atomic E-state index is -0.0478. The second kappa shape index (κ2) is 23.9. The van der Waals surface area contributed by atoms with E-state index in [4.69, 9.17) is 0 Å². The quantitative estimate of drug-likeness (QED) is 0.100. The SMILES string of the molecule is C1=CCC(C2=CCCC(C3=CCCCC3)C2N2c3cc(-n4c5ccccc5c5ccccc54)ccc3B3c4ccc(-n5c6ccccc6c6ccccc65)cc4N(C4C(C5CC=CCC5)=CCCC4C4=CCCCC4)c4cc(-c5ccc(-c6ccccc6)cc5)cc2c43)CC1. The number of benzene rings is 9. The van der Waals surface area contributed by atoms with Gasteiger partial charge in [-0.25, -0.2) is 0 Å². The molecule has 0 saturated carbocycles. The van der Waals surface area contributed by atoms with Crippen LogP contribution in [0.25, 0.3) is 77.2 Å². The summed E-state index contributed by atoms with van der Waals surface area (Å²) in [5.41, 5.74) is 29.1. The fraction of sp³-hybridized carbons (Fsp3) is 0.267. The lowest BCUT2D eigenvalue weighted by atomic mass is 9.33. The normalized spacial score (nSPS) is 22.5. The van der Waals surface area contributed by atoms with Crippen molar-refractivity contribution in [2.45, 2.75) is 128 Å². The van der Waals surface area contributed by atoms with Gasteiger partial charge in [-0.15, -0.1) is 0 Å². The minimum Gasteiger partial charge on any atom is -0.334 e. The summed E-state index contributed by atoms with van der Waals surface area (Å²) in [7, 11) is 0. The van der Waals surface area contributed by atoms with Crippen LogP contribution in [0.5, 0.6) is 0 Å². The van der Waals surface area contributed by atoms with Crippen LogP contribution in [0.3, 0.4) is 0 Å². The molecule has 0 spiro atoms. The maximum absolute atomic E-state index is 3.05. The number of aromatic nitrogens is 2. The fourth-order valence-electron chi connectivity index (χ4n) is 19.7. The Morgan fingerprint density at radius 3 is 1.17 bits per heavy atom. The zero-order valence-corrected chi connectivity index (χ0v) is 54.7. The number of anilines is 4.